The van der Waals surface area contributed by atoms with E-state index in [1.165, 1.54) is 0 Å². The Morgan fingerprint density at radius 2 is 1.71 bits per heavy atom. The van der Waals surface area contributed by atoms with E-state index in [-0.39, 0.29) is 0 Å². The van der Waals surface area contributed by atoms with Gasteiger partial charge in [-0.25, -0.2) is 4.79 Å². The van der Waals surface area contributed by atoms with Gasteiger partial charge in [0.25, 0.3) is 0 Å². The van der Waals surface area contributed by atoms with Gasteiger partial charge in [0.1, 0.15) is 5.75 Å². The van der Waals surface area contributed by atoms with Crippen LogP contribution in [0.25, 0.3) is 0 Å². The van der Waals surface area contributed by atoms with Gasteiger partial charge < -0.3 is 9.84 Å². The molecule has 0 spiro atoms. The molecule has 3 nitrogen and oxygen atoms in total. The van der Waals surface area contributed by atoms with Crippen molar-refractivity contribution >= 4 is 17.6 Å². The lowest BCUT2D eigenvalue weighted by Crippen LogP contribution is -2.29. The van der Waals surface area contributed by atoms with Gasteiger partial charge in [0, 0.05) is 11.4 Å². The average molecular weight is 305 g/mol. The molecule has 0 radical (unpaired) electrons. The molecule has 0 bridgehead atoms. The standard InChI is InChI=1S/C17H17ClO3/c1-11-7-12(2)9-13(8-11)10-16(17(19)20)21-15-5-3-14(18)4-6-15/h3-9,16H,10H2,1-2H3,(H,19,20)/t16-/m1/s1. The third-order valence-corrected chi connectivity index (χ3v) is 3.32. The molecule has 2 rings (SSSR count). The number of rotatable bonds is 5. The third kappa shape index (κ3) is 4.50. The first kappa shape index (κ1) is 15.4. The molecule has 0 saturated heterocycles. The predicted molar refractivity (Wildman–Crippen MR) is 83.1 cm³/mol. The van der Waals surface area contributed by atoms with Crippen molar-refractivity contribution in [3.8, 4) is 5.75 Å². The zero-order chi connectivity index (χ0) is 15.4. The van der Waals surface area contributed by atoms with Crippen LogP contribution in [0.4, 0.5) is 0 Å². The SMILES string of the molecule is Cc1cc(C)cc(C[C@@H](Oc2ccc(Cl)cc2)C(=O)O)c1. The van der Waals surface area contributed by atoms with Crippen molar-refractivity contribution < 1.29 is 14.6 Å². The minimum Gasteiger partial charge on any atom is -0.478 e. The second kappa shape index (κ2) is 6.64. The van der Waals surface area contributed by atoms with Crippen LogP contribution >= 0.6 is 11.6 Å². The quantitative estimate of drug-likeness (QED) is 0.907. The van der Waals surface area contributed by atoms with Crippen LogP contribution in [0.15, 0.2) is 42.5 Å². The Labute approximate surface area is 129 Å². The summed E-state index contributed by atoms with van der Waals surface area (Å²) in [4.78, 5) is 11.4. The molecule has 0 aromatic heterocycles. The molecule has 2 aromatic carbocycles. The number of hydrogen-bond acceptors (Lipinski definition) is 2. The number of carbonyl (C=O) groups is 1. The highest BCUT2D eigenvalue weighted by molar-refractivity contribution is 6.30. The molecule has 110 valence electrons. The molecule has 1 N–H and O–H groups in total. The van der Waals surface area contributed by atoms with Gasteiger partial charge in [-0.15, -0.1) is 0 Å². The second-order valence-electron chi connectivity index (χ2n) is 5.10. The van der Waals surface area contributed by atoms with Crippen molar-refractivity contribution in [3.63, 3.8) is 0 Å². The number of aliphatic carboxylic acids is 1. The number of halogens is 1. The zero-order valence-electron chi connectivity index (χ0n) is 12.0. The first-order valence-electron chi connectivity index (χ1n) is 6.66. The van der Waals surface area contributed by atoms with Crippen LogP contribution in [0.3, 0.4) is 0 Å². The second-order valence-corrected chi connectivity index (χ2v) is 5.54. The molecule has 0 saturated carbocycles. The Hall–Kier alpha value is -2.00. The van der Waals surface area contributed by atoms with Crippen molar-refractivity contribution in [2.75, 3.05) is 0 Å². The molecule has 0 aliphatic rings. The van der Waals surface area contributed by atoms with Crippen molar-refractivity contribution in [2.45, 2.75) is 26.4 Å². The topological polar surface area (TPSA) is 46.5 Å². The largest absolute Gasteiger partial charge is 0.478 e. The van der Waals surface area contributed by atoms with E-state index in [1.807, 2.05) is 26.0 Å². The fourth-order valence-corrected chi connectivity index (χ4v) is 2.38. The highest BCUT2D eigenvalue weighted by atomic mass is 35.5. The molecule has 0 unspecified atom stereocenters. The lowest BCUT2D eigenvalue weighted by Gasteiger charge is -2.16. The number of hydrogen-bond donors (Lipinski definition) is 1. The van der Waals surface area contributed by atoms with Crippen LogP contribution < -0.4 is 4.74 Å². The van der Waals surface area contributed by atoms with E-state index in [4.69, 9.17) is 16.3 Å². The van der Waals surface area contributed by atoms with Gasteiger partial charge in [-0.05, 0) is 43.7 Å². The van der Waals surface area contributed by atoms with Crippen LogP contribution in [-0.2, 0) is 11.2 Å². The molecule has 4 heteroatoms. The van der Waals surface area contributed by atoms with E-state index in [1.54, 1.807) is 24.3 Å². The number of benzene rings is 2. The highest BCUT2D eigenvalue weighted by Gasteiger charge is 2.20. The smallest absolute Gasteiger partial charge is 0.345 e. The minimum absolute atomic E-state index is 0.320. The summed E-state index contributed by atoms with van der Waals surface area (Å²) in [7, 11) is 0. The van der Waals surface area contributed by atoms with E-state index in [2.05, 4.69) is 6.07 Å². The minimum atomic E-state index is -0.982. The summed E-state index contributed by atoms with van der Waals surface area (Å²) in [6.45, 7) is 3.98. The Bertz CT molecular complexity index is 615. The van der Waals surface area contributed by atoms with Gasteiger partial charge in [-0.2, -0.15) is 0 Å². The molecule has 21 heavy (non-hydrogen) atoms. The summed E-state index contributed by atoms with van der Waals surface area (Å²) in [6, 6.07) is 12.7. The van der Waals surface area contributed by atoms with Crippen LogP contribution in [0.1, 0.15) is 16.7 Å². The van der Waals surface area contributed by atoms with Crippen molar-refractivity contribution in [3.05, 3.63) is 64.2 Å². The van der Waals surface area contributed by atoms with E-state index in [0.717, 1.165) is 16.7 Å². The summed E-state index contributed by atoms with van der Waals surface area (Å²) in [5, 5.41) is 9.92. The van der Waals surface area contributed by atoms with Gasteiger partial charge in [-0.3, -0.25) is 0 Å². The van der Waals surface area contributed by atoms with Crippen molar-refractivity contribution in [2.24, 2.45) is 0 Å². The summed E-state index contributed by atoms with van der Waals surface area (Å²) in [6.07, 6.45) is -0.604. The van der Waals surface area contributed by atoms with E-state index in [0.29, 0.717) is 17.2 Å². The number of carboxylic acids is 1. The van der Waals surface area contributed by atoms with Gasteiger partial charge in [0.2, 0.25) is 0 Å². The van der Waals surface area contributed by atoms with Crippen LogP contribution in [0.2, 0.25) is 5.02 Å². The maximum absolute atomic E-state index is 11.4. The van der Waals surface area contributed by atoms with Gasteiger partial charge in [0.15, 0.2) is 6.10 Å². The van der Waals surface area contributed by atoms with Gasteiger partial charge >= 0.3 is 5.97 Å². The highest BCUT2D eigenvalue weighted by Crippen LogP contribution is 2.19. The Morgan fingerprint density at radius 3 is 2.24 bits per heavy atom. The summed E-state index contributed by atoms with van der Waals surface area (Å²) in [5.74, 6) is -0.486. The van der Waals surface area contributed by atoms with Gasteiger partial charge in [0.05, 0.1) is 0 Å². The maximum atomic E-state index is 11.4. The maximum Gasteiger partial charge on any atom is 0.345 e. The molecular weight excluding hydrogens is 288 g/mol. The molecule has 0 heterocycles. The van der Waals surface area contributed by atoms with Gasteiger partial charge in [-0.1, -0.05) is 40.9 Å². The van der Waals surface area contributed by atoms with Crippen LogP contribution in [0, 0.1) is 13.8 Å². The van der Waals surface area contributed by atoms with Crippen molar-refractivity contribution in [1.82, 2.24) is 0 Å². The first-order valence-corrected chi connectivity index (χ1v) is 7.04. The van der Waals surface area contributed by atoms with E-state index < -0.39 is 12.1 Å². The number of carboxylic acid groups (broad SMARTS) is 1. The monoisotopic (exact) mass is 304 g/mol. The Kier molecular flexibility index (Phi) is 4.86. The number of ether oxygens (including phenoxy) is 1. The Balaban J connectivity index is 2.15. The van der Waals surface area contributed by atoms with Crippen LogP contribution in [0.5, 0.6) is 5.75 Å². The van der Waals surface area contributed by atoms with Crippen LogP contribution in [-0.4, -0.2) is 17.2 Å². The lowest BCUT2D eigenvalue weighted by molar-refractivity contribution is -0.145. The third-order valence-electron chi connectivity index (χ3n) is 3.07. The molecule has 0 fully saturated rings. The summed E-state index contributed by atoms with van der Waals surface area (Å²) in [5.41, 5.74) is 3.18. The molecule has 0 aliphatic heterocycles. The number of aryl methyl sites for hydroxylation is 2. The predicted octanol–water partition coefficient (Wildman–Crippen LogP) is 4.03. The van der Waals surface area contributed by atoms with E-state index >= 15 is 0 Å². The normalized spacial score (nSPS) is 12.0. The molecule has 2 aromatic rings. The summed E-state index contributed by atoms with van der Waals surface area (Å²) < 4.78 is 5.56. The van der Waals surface area contributed by atoms with E-state index in [9.17, 15) is 9.90 Å². The molecule has 1 atom stereocenters. The summed E-state index contributed by atoms with van der Waals surface area (Å²) >= 11 is 5.80. The average Bonchev–Trinajstić information content (AvgIpc) is 2.39. The molecule has 0 aliphatic carbocycles. The first-order chi connectivity index (χ1) is 9.94. The fourth-order valence-electron chi connectivity index (χ4n) is 2.26. The lowest BCUT2D eigenvalue weighted by atomic mass is 10.0. The zero-order valence-corrected chi connectivity index (χ0v) is 12.7. The molecule has 0 amide bonds. The Morgan fingerprint density at radius 1 is 1.14 bits per heavy atom. The molecular formula is C17H17ClO3. The fraction of sp³-hybridized carbons (Fsp3) is 0.235. The van der Waals surface area contributed by atoms with Crippen molar-refractivity contribution in [1.29, 1.82) is 0 Å².